The molecule has 10 N–H and O–H groups in total. The van der Waals surface area contributed by atoms with Gasteiger partial charge < -0.3 is 67.2 Å². The number of primary amides is 1. The lowest BCUT2D eigenvalue weighted by Gasteiger charge is -2.36. The van der Waals surface area contributed by atoms with E-state index >= 15 is 33.6 Å². The van der Waals surface area contributed by atoms with Crippen molar-refractivity contribution in [2.75, 3.05) is 23.8 Å². The summed E-state index contributed by atoms with van der Waals surface area (Å²) in [5.41, 5.74) is 9.45. The van der Waals surface area contributed by atoms with Gasteiger partial charge in [0.05, 0.1) is 22.5 Å². The molecule has 0 spiro atoms. The van der Waals surface area contributed by atoms with Gasteiger partial charge in [0, 0.05) is 49.0 Å². The van der Waals surface area contributed by atoms with Gasteiger partial charge in [-0.25, -0.2) is 9.59 Å². The highest BCUT2D eigenvalue weighted by atomic mass is 33.1. The first kappa shape index (κ1) is 88.9. The summed E-state index contributed by atoms with van der Waals surface area (Å²) < 4.78 is 22.8. The SMILES string of the molecule is C[C@@H](OC(C)(C)C)[C@@H]1NC(=O)[C@H](CCCCNC(=O)OC(C)(C)C)NC(=O)[C@@H](CC2=CCc3ccccc32)NC(=O)[C@H](Cc2ccc(OC(C)(C)C)cc2)CC(=O)[C@@H](NC(=O)[C@@H](Cc2ccccc2)NC(=O)OC(C)(C)C)CSSC[C@@H](C(=O)N[C@@H](CSC(c2ccccc2)(c2ccccc2)c2ccccc2)C(N)=O)NC1=O. The monoisotopic (exact) mass is 1600 g/mol. The fraction of sp³-hybridized carbons (Fsp3) is 0.448. The average Bonchev–Trinajstić information content (AvgIpc) is 1.06. The number of fused-ring (bicyclic) bond motifs is 1. The topological polar surface area (TPSA) is 330 Å². The van der Waals surface area contributed by atoms with Crippen molar-refractivity contribution in [1.29, 1.82) is 0 Å². The van der Waals surface area contributed by atoms with Crippen LogP contribution in [-0.4, -0.2) is 154 Å². The van der Waals surface area contributed by atoms with Crippen LogP contribution in [-0.2, 0) is 76.6 Å². The Balaban J connectivity index is 1.24. The molecule has 0 saturated carbocycles. The maximum atomic E-state index is 15.8. The Morgan fingerprint density at radius 2 is 1.11 bits per heavy atom. The quantitative estimate of drug-likeness (QED) is 0.0138. The highest BCUT2D eigenvalue weighted by Crippen LogP contribution is 2.49. The van der Waals surface area contributed by atoms with E-state index < -0.39 is 147 Å². The van der Waals surface area contributed by atoms with Crippen molar-refractivity contribution in [1.82, 2.24) is 42.5 Å². The summed E-state index contributed by atoms with van der Waals surface area (Å²) in [5.74, 6) is -7.77. The number of nitrogens with one attached hydrogen (secondary N) is 8. The zero-order valence-electron chi connectivity index (χ0n) is 66.9. The fourth-order valence-electron chi connectivity index (χ4n) is 13.2. The number of nitrogens with two attached hydrogens (primary N) is 1. The molecule has 9 amide bonds. The van der Waals surface area contributed by atoms with Crippen LogP contribution >= 0.6 is 33.3 Å². The van der Waals surface area contributed by atoms with Crippen molar-refractivity contribution < 1.29 is 66.9 Å². The van der Waals surface area contributed by atoms with Crippen LogP contribution < -0.4 is 53.0 Å². The summed E-state index contributed by atoms with van der Waals surface area (Å²) in [4.78, 5) is 150. The Hall–Kier alpha value is -9.63. The summed E-state index contributed by atoms with van der Waals surface area (Å²) >= 11 is 1.37. The molecule has 1 fully saturated rings. The molecule has 0 aromatic heterocycles. The highest BCUT2D eigenvalue weighted by Gasteiger charge is 2.42. The minimum absolute atomic E-state index is 0.0426. The zero-order chi connectivity index (χ0) is 82.3. The Kier molecular flexibility index (Phi) is 32.2. The van der Waals surface area contributed by atoms with E-state index in [0.717, 1.165) is 55.0 Å². The molecule has 23 nitrogen and oxygen atoms in total. The van der Waals surface area contributed by atoms with Crippen molar-refractivity contribution in [3.8, 4) is 5.75 Å². The van der Waals surface area contributed by atoms with E-state index in [2.05, 4.69) is 42.5 Å². The van der Waals surface area contributed by atoms with E-state index in [1.54, 1.807) is 124 Å². The van der Waals surface area contributed by atoms with Gasteiger partial charge >= 0.3 is 12.2 Å². The summed E-state index contributed by atoms with van der Waals surface area (Å²) in [6, 6.07) is 42.6. The number of amides is 9. The number of allylic oxidation sites excluding steroid dienone is 1. The van der Waals surface area contributed by atoms with Crippen LogP contribution in [0.15, 0.2) is 176 Å². The highest BCUT2D eigenvalue weighted by molar-refractivity contribution is 8.76. The number of thioether (sulfide) groups is 1. The second-order valence-corrected chi connectivity index (χ2v) is 36.1. The third kappa shape index (κ3) is 28.2. The van der Waals surface area contributed by atoms with Crippen LogP contribution in [0.3, 0.4) is 0 Å². The number of carbonyl (C=O) groups excluding carboxylic acids is 10. The maximum Gasteiger partial charge on any atom is 0.408 e. The van der Waals surface area contributed by atoms with E-state index in [9.17, 15) is 14.4 Å². The van der Waals surface area contributed by atoms with Gasteiger partial charge in [-0.15, -0.1) is 11.8 Å². The summed E-state index contributed by atoms with van der Waals surface area (Å²) in [7, 11) is 2.08. The van der Waals surface area contributed by atoms with Gasteiger partial charge in [-0.3, -0.25) is 38.4 Å². The largest absolute Gasteiger partial charge is 0.488 e. The normalized spacial score (nSPS) is 19.3. The number of ketones is 1. The molecule has 9 atom stereocenters. The molecule has 606 valence electrons. The minimum Gasteiger partial charge on any atom is -0.488 e. The molecule has 0 radical (unpaired) electrons. The lowest BCUT2D eigenvalue weighted by Crippen LogP contribution is -2.62. The first-order valence-corrected chi connectivity index (χ1v) is 41.8. The maximum absolute atomic E-state index is 15.8. The predicted molar refractivity (Wildman–Crippen MR) is 445 cm³/mol. The molecule has 1 aliphatic heterocycles. The van der Waals surface area contributed by atoms with Crippen molar-refractivity contribution in [2.24, 2.45) is 11.7 Å². The molecular formula is C87H111N9O14S3. The van der Waals surface area contributed by atoms with E-state index in [4.69, 9.17) is 24.7 Å². The van der Waals surface area contributed by atoms with E-state index in [1.165, 1.54) is 11.8 Å². The number of hydrogen-bond donors (Lipinski definition) is 9. The fourth-order valence-corrected chi connectivity index (χ4v) is 17.1. The van der Waals surface area contributed by atoms with Gasteiger partial charge in [0.2, 0.25) is 41.4 Å². The Morgan fingerprint density at radius 3 is 1.68 bits per heavy atom. The molecule has 0 unspecified atom stereocenters. The van der Waals surface area contributed by atoms with E-state index in [0.29, 0.717) is 23.3 Å². The van der Waals surface area contributed by atoms with E-state index in [-0.39, 0.29) is 62.3 Å². The van der Waals surface area contributed by atoms with Crippen molar-refractivity contribution in [2.45, 2.75) is 217 Å². The molecule has 6 aromatic rings. The lowest BCUT2D eigenvalue weighted by molar-refractivity contribution is -0.140. The number of rotatable bonds is 26. The molecule has 26 heteroatoms. The molecule has 1 saturated heterocycles. The van der Waals surface area contributed by atoms with Gasteiger partial charge in [-0.1, -0.05) is 185 Å². The second kappa shape index (κ2) is 40.9. The lowest BCUT2D eigenvalue weighted by atomic mass is 9.84. The van der Waals surface area contributed by atoms with E-state index in [1.807, 2.05) is 142 Å². The van der Waals surface area contributed by atoms with Gasteiger partial charge in [0.25, 0.3) is 0 Å². The number of benzene rings is 6. The van der Waals surface area contributed by atoms with Crippen LogP contribution in [0, 0.1) is 5.92 Å². The number of ether oxygens (including phenoxy) is 4. The molecule has 1 aliphatic carbocycles. The van der Waals surface area contributed by atoms with Crippen molar-refractivity contribution >= 4 is 98.2 Å². The first-order valence-electron chi connectivity index (χ1n) is 38.3. The smallest absolute Gasteiger partial charge is 0.408 e. The minimum atomic E-state index is -1.61. The van der Waals surface area contributed by atoms with Crippen molar-refractivity contribution in [3.05, 3.63) is 215 Å². The summed E-state index contributed by atoms with van der Waals surface area (Å²) in [6.07, 6.45) is -0.545. The molecular weight excluding hydrogens is 1490 g/mol. The predicted octanol–water partition coefficient (Wildman–Crippen LogP) is 11.6. The van der Waals surface area contributed by atoms with Crippen LogP contribution in [0.4, 0.5) is 9.59 Å². The second-order valence-electron chi connectivity index (χ2n) is 32.3. The van der Waals surface area contributed by atoms with Gasteiger partial charge in [0.15, 0.2) is 5.78 Å². The average molecular weight is 1600 g/mol. The first-order chi connectivity index (χ1) is 53.4. The summed E-state index contributed by atoms with van der Waals surface area (Å²) in [6.45, 7) is 22.9. The molecule has 8 rings (SSSR count). The van der Waals surface area contributed by atoms with Crippen LogP contribution in [0.5, 0.6) is 5.75 Å². The van der Waals surface area contributed by atoms with Gasteiger partial charge in [-0.05, 0) is 179 Å². The van der Waals surface area contributed by atoms with Crippen LogP contribution in [0.2, 0.25) is 0 Å². The van der Waals surface area contributed by atoms with Gasteiger partial charge in [0.1, 0.15) is 58.8 Å². The molecule has 2 aliphatic rings. The Labute approximate surface area is 676 Å². The molecule has 6 aromatic carbocycles. The summed E-state index contributed by atoms with van der Waals surface area (Å²) in [5, 5.41) is 23.0. The van der Waals surface area contributed by atoms with Crippen LogP contribution in [0.1, 0.15) is 161 Å². The number of unbranched alkanes of at least 4 members (excludes halogenated alkanes) is 1. The Bertz CT molecular complexity index is 4150. The standard InChI is InChI=1S/C87H111N9O14S3/c1-55(107-83(2,3)4)73-80(104)94-71(79(103)93-70(74(88)98)52-111-87(61-33-20-15-21-34-61,62-35-22-16-23-36-62)63-37-24-17-25-38-63)54-113-112-53-69(92-77(101)67(49-56-30-18-14-19-31-56)95-82(106)110-86(11,12)13)72(97)51-60(48-57-41-45-64(46-42-57)108-84(5,6)7)75(99)91-68(50-59-44-43-58-32-26-27-39-65(58)59)78(102)90-66(76(100)96-73)40-28-29-47-89-81(105)109-85(8,9)10/h14-27,30-39,41-42,44-46,55,60,66-71,73H,28-29,40,43,47-54H2,1-13H3,(H2,88,98)(H,89,105)(H,90,102)(H,91,99)(H,92,101)(H,93,103)(H,94,104)(H,95,106)(H,96,100)/t55-,60-,66+,67-,68-,69+,70+,71+,73+/m1/s1. The zero-order valence-corrected chi connectivity index (χ0v) is 69.4. The Morgan fingerprint density at radius 1 is 0.558 bits per heavy atom. The number of alkyl carbamates (subject to hydrolysis) is 2. The van der Waals surface area contributed by atoms with Gasteiger partial charge in [-0.2, -0.15) is 0 Å². The van der Waals surface area contributed by atoms with Crippen LogP contribution in [0.25, 0.3) is 5.57 Å². The number of hydrogen-bond acceptors (Lipinski definition) is 17. The third-order valence-electron chi connectivity index (χ3n) is 18.3. The molecule has 1 heterocycles. The van der Waals surface area contributed by atoms with Crippen molar-refractivity contribution in [3.63, 3.8) is 0 Å². The molecule has 113 heavy (non-hydrogen) atoms. The third-order valence-corrected chi connectivity index (χ3v) is 22.4. The molecule has 0 bridgehead atoms. The number of carbonyl (C=O) groups is 10. The number of Topliss-reactive ketones (excluding diaryl/α,β-unsaturated/α-hetero) is 1.